The molecule has 0 bridgehead atoms. The average molecular weight is 526 g/mol. The highest BCUT2D eigenvalue weighted by atomic mass is 35.5. The summed E-state index contributed by atoms with van der Waals surface area (Å²) in [5.74, 6) is -0.127. The van der Waals surface area contributed by atoms with Gasteiger partial charge < -0.3 is 25.4 Å². The molecule has 3 rings (SSSR count). The predicted octanol–water partition coefficient (Wildman–Crippen LogP) is 5.46. The second kappa shape index (κ2) is 14.5. The molecule has 1 saturated carbocycles. The number of halogens is 2. The minimum Gasteiger partial charge on any atom is -0.385 e. The molecule has 2 aliphatic rings. The highest BCUT2D eigenvalue weighted by Crippen LogP contribution is 2.42. The molecule has 3 N–H and O–H groups in total. The number of aliphatic hydroxyl groups is 1. The van der Waals surface area contributed by atoms with Gasteiger partial charge in [0.2, 0.25) is 0 Å². The van der Waals surface area contributed by atoms with Crippen LogP contribution in [0.15, 0.2) is 18.2 Å². The van der Waals surface area contributed by atoms with Crippen LogP contribution in [0.4, 0.5) is 9.18 Å². The quantitative estimate of drug-likeness (QED) is 0.317. The minimum atomic E-state index is -1.41. The van der Waals surface area contributed by atoms with E-state index in [1.54, 1.807) is 24.1 Å². The molecule has 204 valence electrons. The van der Waals surface area contributed by atoms with Gasteiger partial charge in [0.25, 0.3) is 0 Å². The van der Waals surface area contributed by atoms with E-state index in [9.17, 15) is 9.90 Å². The molecule has 36 heavy (non-hydrogen) atoms. The largest absolute Gasteiger partial charge is 0.385 e. The predicted molar refractivity (Wildman–Crippen MR) is 143 cm³/mol. The summed E-state index contributed by atoms with van der Waals surface area (Å²) in [6, 6.07) is 4.93. The third-order valence-electron chi connectivity index (χ3n) is 8.21. The highest BCUT2D eigenvalue weighted by molar-refractivity contribution is 6.30. The number of carbonyl (C=O) groups is 1. The standard InChI is InChI=1S/C28H45ClFN3O3/c1-31-23(18-21-10-4-3-5-11-21)19-32-27(34)33-16-9-12-22(20-33)28(35,15-6-7-17-36-2)24-13-8-14-25(29)26(24)30/h8,13-14,21-23,31,35H,3-7,9-12,15-20H2,1-2H3,(H,32,34). The maximum atomic E-state index is 15.1. The molecule has 6 nitrogen and oxygen atoms in total. The van der Waals surface area contributed by atoms with E-state index >= 15 is 4.39 Å². The molecule has 8 heteroatoms. The molecule has 2 fully saturated rings. The van der Waals surface area contributed by atoms with Crippen molar-refractivity contribution >= 4 is 17.6 Å². The van der Waals surface area contributed by atoms with Crippen LogP contribution in [0.1, 0.15) is 76.2 Å². The molecule has 0 radical (unpaired) electrons. The van der Waals surface area contributed by atoms with Crippen LogP contribution in [0.25, 0.3) is 0 Å². The number of likely N-dealkylation sites (tertiary alicyclic amines) is 1. The summed E-state index contributed by atoms with van der Waals surface area (Å²) in [4.78, 5) is 14.9. The smallest absolute Gasteiger partial charge is 0.317 e. The van der Waals surface area contributed by atoms with E-state index in [4.69, 9.17) is 16.3 Å². The van der Waals surface area contributed by atoms with Gasteiger partial charge in [-0.25, -0.2) is 9.18 Å². The number of carbonyl (C=O) groups excluding carboxylic acids is 1. The molecule has 3 atom stereocenters. The van der Waals surface area contributed by atoms with Crippen LogP contribution in [0.3, 0.4) is 0 Å². The van der Waals surface area contributed by atoms with Gasteiger partial charge in [0.15, 0.2) is 0 Å². The zero-order valence-corrected chi connectivity index (χ0v) is 22.8. The number of methoxy groups -OCH3 is 1. The number of rotatable bonds is 12. The van der Waals surface area contributed by atoms with Crippen molar-refractivity contribution in [3.05, 3.63) is 34.6 Å². The van der Waals surface area contributed by atoms with E-state index in [0.29, 0.717) is 39.1 Å². The number of piperidine rings is 1. The van der Waals surface area contributed by atoms with Crippen LogP contribution < -0.4 is 10.6 Å². The lowest BCUT2D eigenvalue weighted by molar-refractivity contribution is -0.0586. The first-order chi connectivity index (χ1) is 17.4. The molecule has 1 aromatic rings. The maximum absolute atomic E-state index is 15.1. The lowest BCUT2D eigenvalue weighted by Gasteiger charge is -2.43. The Morgan fingerprint density at radius 3 is 2.75 bits per heavy atom. The minimum absolute atomic E-state index is 0.00398. The van der Waals surface area contributed by atoms with Gasteiger partial charge in [-0.15, -0.1) is 0 Å². The highest BCUT2D eigenvalue weighted by Gasteiger charge is 2.43. The van der Waals surface area contributed by atoms with E-state index in [0.717, 1.165) is 31.6 Å². The first-order valence-electron chi connectivity index (χ1n) is 13.7. The summed E-state index contributed by atoms with van der Waals surface area (Å²) in [7, 11) is 3.61. The Balaban J connectivity index is 1.65. The van der Waals surface area contributed by atoms with Gasteiger partial charge in [0, 0.05) is 50.9 Å². The van der Waals surface area contributed by atoms with Gasteiger partial charge >= 0.3 is 6.03 Å². The molecule has 3 unspecified atom stereocenters. The molecule has 1 aromatic carbocycles. The van der Waals surface area contributed by atoms with E-state index < -0.39 is 11.4 Å². The molecule has 1 saturated heterocycles. The number of ether oxygens (including phenoxy) is 1. The molecule has 0 aromatic heterocycles. The zero-order chi connectivity index (χ0) is 26.0. The molecule has 1 heterocycles. The summed E-state index contributed by atoms with van der Waals surface area (Å²) in [6.45, 7) is 2.18. The number of hydrogen-bond acceptors (Lipinski definition) is 4. The lowest BCUT2D eigenvalue weighted by atomic mass is 9.74. The molecule has 1 aliphatic heterocycles. The van der Waals surface area contributed by atoms with Crippen molar-refractivity contribution in [2.45, 2.75) is 82.3 Å². The number of urea groups is 1. The third-order valence-corrected chi connectivity index (χ3v) is 8.50. The van der Waals surface area contributed by atoms with Crippen LogP contribution in [-0.2, 0) is 10.3 Å². The zero-order valence-electron chi connectivity index (χ0n) is 22.0. The number of benzene rings is 1. The lowest BCUT2D eigenvalue weighted by Crippen LogP contribution is -2.52. The van der Waals surface area contributed by atoms with Gasteiger partial charge in [-0.3, -0.25) is 0 Å². The van der Waals surface area contributed by atoms with Gasteiger partial charge in [-0.2, -0.15) is 0 Å². The molecular formula is C28H45ClFN3O3. The summed E-state index contributed by atoms with van der Waals surface area (Å²) in [6.07, 6.45) is 10.9. The van der Waals surface area contributed by atoms with Gasteiger partial charge in [-0.1, -0.05) is 55.8 Å². The van der Waals surface area contributed by atoms with Crippen molar-refractivity contribution in [1.29, 1.82) is 0 Å². The van der Waals surface area contributed by atoms with Crippen molar-refractivity contribution < 1.29 is 19.0 Å². The first-order valence-corrected chi connectivity index (χ1v) is 14.1. The van der Waals surface area contributed by atoms with Gasteiger partial charge in [0.1, 0.15) is 5.82 Å². The number of likely N-dealkylation sites (N-methyl/N-ethyl adjacent to an activating group) is 1. The van der Waals surface area contributed by atoms with E-state index in [1.807, 2.05) is 7.05 Å². The SMILES string of the molecule is CNC(CNC(=O)N1CCCC(C(O)(CCCCOC)c2cccc(Cl)c2F)C1)CC1CCCCC1. The first kappa shape index (κ1) is 29.2. The summed E-state index contributed by atoms with van der Waals surface area (Å²) in [5.41, 5.74) is -1.18. The van der Waals surface area contributed by atoms with Crippen LogP contribution in [0.5, 0.6) is 0 Å². The number of hydrogen-bond donors (Lipinski definition) is 3. The molecular weight excluding hydrogens is 481 g/mol. The number of nitrogens with zero attached hydrogens (tertiary/aromatic N) is 1. The number of amides is 2. The molecule has 0 spiro atoms. The van der Waals surface area contributed by atoms with E-state index in [2.05, 4.69) is 10.6 Å². The average Bonchev–Trinajstić information content (AvgIpc) is 2.91. The monoisotopic (exact) mass is 525 g/mol. The van der Waals surface area contributed by atoms with Crippen molar-refractivity contribution in [3.63, 3.8) is 0 Å². The second-order valence-electron chi connectivity index (χ2n) is 10.7. The van der Waals surface area contributed by atoms with Crippen molar-refractivity contribution in [2.75, 3.05) is 40.4 Å². The van der Waals surface area contributed by atoms with Crippen LogP contribution >= 0.6 is 11.6 Å². The summed E-state index contributed by atoms with van der Waals surface area (Å²) < 4.78 is 20.3. The van der Waals surface area contributed by atoms with Crippen LogP contribution in [0.2, 0.25) is 5.02 Å². The molecule has 1 aliphatic carbocycles. The normalized spacial score (nSPS) is 21.7. The number of unbranched alkanes of at least 4 members (excludes halogenated alkanes) is 1. The van der Waals surface area contributed by atoms with Gasteiger partial charge in [0.05, 0.1) is 10.6 Å². The fraction of sp³-hybridized carbons (Fsp3) is 0.750. The van der Waals surface area contributed by atoms with Gasteiger partial charge in [-0.05, 0) is 57.6 Å². The molecule has 2 amide bonds. The second-order valence-corrected chi connectivity index (χ2v) is 11.1. The Bertz CT molecular complexity index is 823. The Morgan fingerprint density at radius 1 is 1.25 bits per heavy atom. The van der Waals surface area contributed by atoms with Crippen molar-refractivity contribution in [1.82, 2.24) is 15.5 Å². The fourth-order valence-electron chi connectivity index (χ4n) is 6.04. The van der Waals surface area contributed by atoms with E-state index in [-0.39, 0.29) is 28.6 Å². The number of nitrogens with one attached hydrogen (secondary N) is 2. The fourth-order valence-corrected chi connectivity index (χ4v) is 6.21. The van der Waals surface area contributed by atoms with Crippen LogP contribution in [0, 0.1) is 17.7 Å². The Labute approximate surface area is 221 Å². The Kier molecular flexibility index (Phi) is 11.7. The van der Waals surface area contributed by atoms with Crippen molar-refractivity contribution in [2.24, 2.45) is 11.8 Å². The Morgan fingerprint density at radius 2 is 2.03 bits per heavy atom. The Hall–Kier alpha value is -1.41. The van der Waals surface area contributed by atoms with Crippen molar-refractivity contribution in [3.8, 4) is 0 Å². The topological polar surface area (TPSA) is 73.8 Å². The maximum Gasteiger partial charge on any atom is 0.317 e. The summed E-state index contributed by atoms with van der Waals surface area (Å²) in [5, 5.41) is 18.4. The third kappa shape index (κ3) is 7.80. The van der Waals surface area contributed by atoms with Crippen LogP contribution in [-0.4, -0.2) is 62.5 Å². The van der Waals surface area contributed by atoms with E-state index in [1.165, 1.54) is 38.2 Å². The summed E-state index contributed by atoms with van der Waals surface area (Å²) >= 11 is 6.09.